The van der Waals surface area contributed by atoms with E-state index >= 15 is 0 Å². The molecular weight excluding hydrogens is 764 g/mol. The Balaban J connectivity index is 1.67. The first-order valence-electron chi connectivity index (χ1n) is 20.1. The van der Waals surface area contributed by atoms with E-state index in [0.29, 0.717) is 13.1 Å². The molecule has 9 atom stereocenters. The van der Waals surface area contributed by atoms with Crippen molar-refractivity contribution >= 4 is 40.3 Å². The predicted octanol–water partition coefficient (Wildman–Crippen LogP) is 4.21. The summed E-state index contributed by atoms with van der Waals surface area (Å²) in [6.07, 6.45) is 2.65. The minimum absolute atomic E-state index is 0.0630. The molecule has 2 aromatic rings. The van der Waals surface area contributed by atoms with E-state index in [4.69, 9.17) is 18.9 Å². The average molecular weight is 825 g/mol. The molecule has 4 aliphatic rings. The number of ketones is 1. The minimum atomic E-state index is -1.96. The molecule has 0 saturated carbocycles. The van der Waals surface area contributed by atoms with Gasteiger partial charge in [0.15, 0.2) is 5.75 Å². The van der Waals surface area contributed by atoms with Crippen molar-refractivity contribution in [2.24, 2.45) is 28.8 Å². The second-order valence-corrected chi connectivity index (χ2v) is 16.4. The number of carbonyl (C=O) groups excluding carboxylic acids is 3. The lowest BCUT2D eigenvalue weighted by Crippen LogP contribution is -2.47. The molecule has 1 amide bonds. The smallest absolute Gasteiger partial charge is 0.302 e. The number of nitrogens with zero attached hydrogens (tertiary/aromatic N) is 3. The fourth-order valence-corrected chi connectivity index (χ4v) is 8.22. The molecule has 0 aromatic heterocycles. The van der Waals surface area contributed by atoms with Crippen LogP contribution in [0, 0.1) is 30.6 Å². The van der Waals surface area contributed by atoms with Crippen LogP contribution < -0.4 is 10.1 Å². The van der Waals surface area contributed by atoms with Crippen LogP contribution in [0.2, 0.25) is 0 Å². The molecule has 0 radical (unpaired) electrons. The van der Waals surface area contributed by atoms with Gasteiger partial charge in [-0.1, -0.05) is 45.9 Å². The number of Topliss-reactive ketones (excluding diaryl/α,β-unsaturated/α-hetero) is 1. The monoisotopic (exact) mass is 824 g/mol. The Morgan fingerprint density at radius 2 is 1.63 bits per heavy atom. The summed E-state index contributed by atoms with van der Waals surface area (Å²) in [6, 6.07) is 0. The second-order valence-electron chi connectivity index (χ2n) is 16.4. The van der Waals surface area contributed by atoms with Crippen LogP contribution in [0.3, 0.4) is 0 Å². The van der Waals surface area contributed by atoms with Crippen LogP contribution in [-0.2, 0) is 23.8 Å². The van der Waals surface area contributed by atoms with E-state index in [1.54, 1.807) is 37.9 Å². The molecule has 0 aliphatic carbocycles. The Labute approximate surface area is 345 Å². The molecule has 1 saturated heterocycles. The van der Waals surface area contributed by atoms with Gasteiger partial charge in [0.05, 0.1) is 53.3 Å². The maximum atomic E-state index is 14.5. The Hall–Kier alpha value is -4.74. The number of benzene rings is 2. The maximum Gasteiger partial charge on any atom is 0.302 e. The Kier molecular flexibility index (Phi) is 14.0. The summed E-state index contributed by atoms with van der Waals surface area (Å²) in [4.78, 5) is 42.7. The fraction of sp³-hybridized carbons (Fsp3) is 0.581. The summed E-state index contributed by atoms with van der Waals surface area (Å²) in [7, 11) is 3.48. The SMILES string of the molecule is COC1CCOC2(C)Oc3c(C)c(O)c4c(O)c(c(C=NN5CCN(C)CC5)c(O)c4c3C2=O)NC(=O)C(C)=CC=CC(C)C(O)C(C)C(O)C(C)C(OC(C)=O)C1C. The number of fused-ring (bicyclic) bond motifs is 15. The van der Waals surface area contributed by atoms with Crippen molar-refractivity contribution in [3.05, 3.63) is 40.5 Å². The standard InChI is InChI=1S/C43H60N4O12/c1-21-12-11-13-22(2)42(55)45-33-28(20-44-47-17-15-46(9)16-18-47)37(52)30-31(38(33)53)36(51)26(6)40-32(30)41(54)43(8,59-40)57-19-14-29(56-10)23(3)39(58-27(7)48)25(5)35(50)24(4)34(21)49/h11-13,20-21,23-25,29,34-35,39,49-53H,14-19H2,1-10H3,(H,45,55). The van der Waals surface area contributed by atoms with Crippen molar-refractivity contribution in [1.82, 2.24) is 9.91 Å². The van der Waals surface area contributed by atoms with Gasteiger partial charge in [-0.2, -0.15) is 5.10 Å². The number of aliphatic hydroxyl groups is 2. The summed E-state index contributed by atoms with van der Waals surface area (Å²) in [5.74, 6) is -7.94. The summed E-state index contributed by atoms with van der Waals surface area (Å²) in [6.45, 7) is 15.2. The number of aliphatic hydroxyl groups excluding tert-OH is 2. The van der Waals surface area contributed by atoms with Crippen molar-refractivity contribution < 1.29 is 58.9 Å². The van der Waals surface area contributed by atoms with E-state index in [9.17, 15) is 39.9 Å². The van der Waals surface area contributed by atoms with Crippen molar-refractivity contribution in [3.63, 3.8) is 0 Å². The zero-order valence-electron chi connectivity index (χ0n) is 35.6. The zero-order valence-corrected chi connectivity index (χ0v) is 35.6. The number of hydrogen-bond acceptors (Lipinski definition) is 15. The molecule has 4 heterocycles. The lowest BCUT2D eigenvalue weighted by molar-refractivity contribution is -0.164. The molecule has 5 bridgehead atoms. The van der Waals surface area contributed by atoms with Crippen LogP contribution in [0.25, 0.3) is 10.8 Å². The van der Waals surface area contributed by atoms with Gasteiger partial charge in [-0.15, -0.1) is 0 Å². The number of phenolic OH excluding ortho intramolecular Hbond substituents is 3. The van der Waals surface area contributed by atoms with Gasteiger partial charge in [0.1, 0.15) is 23.4 Å². The second kappa shape index (κ2) is 18.3. The molecule has 1 fully saturated rings. The molecule has 59 heavy (non-hydrogen) atoms. The third-order valence-electron chi connectivity index (χ3n) is 12.2. The number of likely N-dealkylation sites (N-methyl/N-ethyl adjacent to an activating group) is 1. The number of amides is 1. The van der Waals surface area contributed by atoms with Gasteiger partial charge < -0.3 is 54.7 Å². The van der Waals surface area contributed by atoms with Gasteiger partial charge in [-0.3, -0.25) is 19.4 Å². The van der Waals surface area contributed by atoms with Gasteiger partial charge in [0.25, 0.3) is 11.7 Å². The number of piperazine rings is 1. The van der Waals surface area contributed by atoms with E-state index in [1.807, 2.05) is 14.0 Å². The third kappa shape index (κ3) is 9.06. The Morgan fingerprint density at radius 1 is 0.966 bits per heavy atom. The van der Waals surface area contributed by atoms with E-state index in [1.165, 1.54) is 47.1 Å². The van der Waals surface area contributed by atoms with Crippen molar-refractivity contribution in [3.8, 4) is 23.0 Å². The number of esters is 1. The highest BCUT2D eigenvalue weighted by atomic mass is 16.7. The number of aromatic hydroxyl groups is 3. The maximum absolute atomic E-state index is 14.5. The number of allylic oxidation sites excluding steroid dienone is 2. The van der Waals surface area contributed by atoms with Gasteiger partial charge in [-0.05, 0) is 27.3 Å². The normalized spacial score (nSPS) is 30.5. The van der Waals surface area contributed by atoms with Crippen molar-refractivity contribution in [2.45, 2.75) is 92.0 Å². The molecule has 4 aliphatic heterocycles. The van der Waals surface area contributed by atoms with E-state index < -0.39 is 88.8 Å². The first-order valence-corrected chi connectivity index (χ1v) is 20.1. The fourth-order valence-electron chi connectivity index (χ4n) is 8.22. The highest BCUT2D eigenvalue weighted by molar-refractivity contribution is 6.23. The third-order valence-corrected chi connectivity index (χ3v) is 12.2. The summed E-state index contributed by atoms with van der Waals surface area (Å²) in [5, 5.41) is 67.0. The van der Waals surface area contributed by atoms with E-state index in [-0.39, 0.29) is 57.5 Å². The molecule has 9 unspecified atom stereocenters. The molecule has 16 heteroatoms. The van der Waals surface area contributed by atoms with Crippen LogP contribution >= 0.6 is 0 Å². The predicted molar refractivity (Wildman–Crippen MR) is 221 cm³/mol. The highest BCUT2D eigenvalue weighted by Crippen LogP contribution is 2.55. The van der Waals surface area contributed by atoms with Crippen LogP contribution in [0.5, 0.6) is 23.0 Å². The highest BCUT2D eigenvalue weighted by Gasteiger charge is 2.49. The minimum Gasteiger partial charge on any atom is -0.507 e. The first-order chi connectivity index (χ1) is 27.7. The van der Waals surface area contributed by atoms with E-state index in [0.717, 1.165) is 13.1 Å². The number of nitrogens with one attached hydrogen (secondary N) is 1. The van der Waals surface area contributed by atoms with Gasteiger partial charge in [0.2, 0.25) is 5.78 Å². The van der Waals surface area contributed by atoms with Crippen LogP contribution in [0.15, 0.2) is 28.9 Å². The average Bonchev–Trinajstić information content (AvgIpc) is 3.46. The molecular formula is C43H60N4O12. The summed E-state index contributed by atoms with van der Waals surface area (Å²) >= 11 is 0. The topological polar surface area (TPSA) is 220 Å². The Morgan fingerprint density at radius 3 is 2.25 bits per heavy atom. The number of carbonyl (C=O) groups is 3. The zero-order chi connectivity index (χ0) is 43.7. The number of rotatable bonds is 4. The molecule has 6 rings (SSSR count). The van der Waals surface area contributed by atoms with Crippen LogP contribution in [0.1, 0.15) is 76.4 Å². The van der Waals surface area contributed by atoms with Gasteiger partial charge in [-0.25, -0.2) is 0 Å². The molecule has 0 spiro atoms. The van der Waals surface area contributed by atoms with Gasteiger partial charge >= 0.3 is 5.97 Å². The molecule has 6 N–H and O–H groups in total. The summed E-state index contributed by atoms with van der Waals surface area (Å²) in [5.41, 5.74) is -0.260. The van der Waals surface area contributed by atoms with Gasteiger partial charge in [0, 0.05) is 87.3 Å². The lowest BCUT2D eigenvalue weighted by Gasteiger charge is -2.38. The Bertz CT molecular complexity index is 2020. The first kappa shape index (κ1) is 45.3. The number of hydrazone groups is 1. The largest absolute Gasteiger partial charge is 0.507 e. The number of hydrogen-bond donors (Lipinski definition) is 6. The molecule has 16 nitrogen and oxygen atoms in total. The lowest BCUT2D eigenvalue weighted by atomic mass is 9.78. The molecule has 324 valence electrons. The van der Waals surface area contributed by atoms with Crippen molar-refractivity contribution in [2.75, 3.05) is 52.3 Å². The summed E-state index contributed by atoms with van der Waals surface area (Å²) < 4.78 is 23.9. The number of phenols is 3. The van der Waals surface area contributed by atoms with Crippen LogP contribution in [-0.4, -0.2) is 136 Å². The van der Waals surface area contributed by atoms with Crippen molar-refractivity contribution in [1.29, 1.82) is 0 Å². The number of methoxy groups -OCH3 is 1. The quantitative estimate of drug-likeness (QED) is 0.110. The number of ether oxygens (including phenoxy) is 4. The molecule has 2 aromatic carbocycles. The number of anilines is 1. The van der Waals surface area contributed by atoms with Crippen LogP contribution in [0.4, 0.5) is 5.69 Å². The van der Waals surface area contributed by atoms with E-state index in [2.05, 4.69) is 15.3 Å².